The highest BCUT2D eigenvalue weighted by Gasteiger charge is 2.19. The number of aryl methyl sites for hydroxylation is 2. The number of methoxy groups -OCH3 is 1. The Labute approximate surface area is 215 Å². The topological polar surface area (TPSA) is 54.4 Å². The van der Waals surface area contributed by atoms with Crippen LogP contribution in [-0.2, 0) is 12.8 Å². The van der Waals surface area contributed by atoms with E-state index in [0.717, 1.165) is 68.4 Å². The standard InChI is InChI=1S/C30H38N2O4/c1-34-29-12-7-8-25(22-29)14-15-26-9-5-6-13-30(26)36-24-27(33)23-32-18-16-31(17-19-32)20-21-35-28-10-3-2-4-11-28/h2-13,22,27,33H,14-21,23-24H2,1H3. The first kappa shape index (κ1) is 26.0. The molecule has 1 saturated heterocycles. The van der Waals surface area contributed by atoms with Crippen molar-refractivity contribution in [3.8, 4) is 17.2 Å². The summed E-state index contributed by atoms with van der Waals surface area (Å²) in [5, 5.41) is 10.6. The van der Waals surface area contributed by atoms with Crippen LogP contribution in [0, 0.1) is 0 Å². The number of hydrogen-bond donors (Lipinski definition) is 1. The first-order valence-electron chi connectivity index (χ1n) is 12.8. The number of aliphatic hydroxyl groups excluding tert-OH is 1. The van der Waals surface area contributed by atoms with E-state index in [1.807, 2.05) is 60.7 Å². The minimum absolute atomic E-state index is 0.293. The number of ether oxygens (including phenoxy) is 3. The molecule has 0 amide bonds. The number of aliphatic hydroxyl groups is 1. The summed E-state index contributed by atoms with van der Waals surface area (Å²) >= 11 is 0. The summed E-state index contributed by atoms with van der Waals surface area (Å²) in [6, 6.07) is 26.2. The molecule has 1 fully saturated rings. The van der Waals surface area contributed by atoms with E-state index in [2.05, 4.69) is 28.0 Å². The molecule has 1 atom stereocenters. The third kappa shape index (κ3) is 8.26. The van der Waals surface area contributed by atoms with Gasteiger partial charge < -0.3 is 19.3 Å². The van der Waals surface area contributed by atoms with Crippen LogP contribution >= 0.6 is 0 Å². The Balaban J connectivity index is 1.16. The Hall–Kier alpha value is -3.06. The highest BCUT2D eigenvalue weighted by Crippen LogP contribution is 2.22. The van der Waals surface area contributed by atoms with Crippen LogP contribution in [0.1, 0.15) is 11.1 Å². The molecule has 0 aliphatic carbocycles. The van der Waals surface area contributed by atoms with Gasteiger partial charge in [0.2, 0.25) is 0 Å². The van der Waals surface area contributed by atoms with E-state index < -0.39 is 6.10 Å². The average Bonchev–Trinajstić information content (AvgIpc) is 2.93. The summed E-state index contributed by atoms with van der Waals surface area (Å²) in [4.78, 5) is 4.73. The molecule has 6 nitrogen and oxygen atoms in total. The molecule has 6 heteroatoms. The van der Waals surface area contributed by atoms with E-state index >= 15 is 0 Å². The van der Waals surface area contributed by atoms with Crippen molar-refractivity contribution in [2.45, 2.75) is 18.9 Å². The van der Waals surface area contributed by atoms with Crippen molar-refractivity contribution in [3.05, 3.63) is 90.0 Å². The molecule has 0 bridgehead atoms. The molecule has 0 spiro atoms. The fraction of sp³-hybridized carbons (Fsp3) is 0.400. The number of benzene rings is 3. The van der Waals surface area contributed by atoms with E-state index in [9.17, 15) is 5.11 Å². The van der Waals surface area contributed by atoms with Crippen molar-refractivity contribution < 1.29 is 19.3 Å². The second-order valence-electron chi connectivity index (χ2n) is 9.23. The van der Waals surface area contributed by atoms with Crippen LogP contribution in [-0.4, -0.2) is 80.6 Å². The van der Waals surface area contributed by atoms with Gasteiger partial charge in [-0.2, -0.15) is 0 Å². The second kappa shape index (κ2) is 13.9. The highest BCUT2D eigenvalue weighted by molar-refractivity contribution is 5.35. The minimum atomic E-state index is -0.524. The molecular weight excluding hydrogens is 452 g/mol. The first-order chi connectivity index (χ1) is 17.7. The summed E-state index contributed by atoms with van der Waals surface area (Å²) < 4.78 is 17.2. The van der Waals surface area contributed by atoms with E-state index in [4.69, 9.17) is 14.2 Å². The molecule has 3 aromatic rings. The van der Waals surface area contributed by atoms with Gasteiger partial charge in [-0.25, -0.2) is 0 Å². The molecule has 0 radical (unpaired) electrons. The van der Waals surface area contributed by atoms with E-state index in [1.165, 1.54) is 5.56 Å². The molecular formula is C30H38N2O4. The molecule has 1 unspecified atom stereocenters. The lowest BCUT2D eigenvalue weighted by Crippen LogP contribution is -2.50. The monoisotopic (exact) mass is 490 g/mol. The van der Waals surface area contributed by atoms with Crippen LogP contribution in [0.2, 0.25) is 0 Å². The van der Waals surface area contributed by atoms with Gasteiger partial charge in [-0.3, -0.25) is 9.80 Å². The van der Waals surface area contributed by atoms with Crippen LogP contribution in [0.4, 0.5) is 0 Å². The zero-order valence-electron chi connectivity index (χ0n) is 21.2. The maximum absolute atomic E-state index is 10.6. The van der Waals surface area contributed by atoms with Gasteiger partial charge in [0.25, 0.3) is 0 Å². The fourth-order valence-electron chi connectivity index (χ4n) is 4.50. The quantitative estimate of drug-likeness (QED) is 0.392. The van der Waals surface area contributed by atoms with Crippen molar-refractivity contribution in [2.75, 3.05) is 59.6 Å². The zero-order chi connectivity index (χ0) is 25.0. The Bertz CT molecular complexity index is 1040. The highest BCUT2D eigenvalue weighted by atomic mass is 16.5. The zero-order valence-corrected chi connectivity index (χ0v) is 21.2. The summed E-state index contributed by atoms with van der Waals surface area (Å²) in [6.45, 7) is 6.39. The second-order valence-corrected chi connectivity index (χ2v) is 9.23. The molecule has 36 heavy (non-hydrogen) atoms. The van der Waals surface area contributed by atoms with Gasteiger partial charge in [-0.1, -0.05) is 48.5 Å². The van der Waals surface area contributed by atoms with E-state index in [0.29, 0.717) is 19.8 Å². The van der Waals surface area contributed by atoms with Crippen molar-refractivity contribution in [2.24, 2.45) is 0 Å². The molecule has 4 rings (SSSR count). The third-order valence-electron chi connectivity index (χ3n) is 6.57. The van der Waals surface area contributed by atoms with E-state index in [-0.39, 0.29) is 0 Å². The molecule has 192 valence electrons. The molecule has 1 aliphatic rings. The van der Waals surface area contributed by atoms with Crippen LogP contribution in [0.15, 0.2) is 78.9 Å². The van der Waals surface area contributed by atoms with Crippen molar-refractivity contribution in [1.82, 2.24) is 9.80 Å². The summed E-state index contributed by atoms with van der Waals surface area (Å²) in [6.07, 6.45) is 1.25. The van der Waals surface area contributed by atoms with Crippen LogP contribution in [0.3, 0.4) is 0 Å². The van der Waals surface area contributed by atoms with Crippen LogP contribution < -0.4 is 14.2 Å². The molecule has 3 aromatic carbocycles. The lowest BCUT2D eigenvalue weighted by molar-refractivity contribution is 0.0434. The first-order valence-corrected chi connectivity index (χ1v) is 12.8. The predicted molar refractivity (Wildman–Crippen MR) is 143 cm³/mol. The number of piperazine rings is 1. The maximum Gasteiger partial charge on any atom is 0.122 e. The van der Waals surface area contributed by atoms with Gasteiger partial charge in [0.05, 0.1) is 7.11 Å². The predicted octanol–water partition coefficient (Wildman–Crippen LogP) is 3.92. The number of nitrogens with zero attached hydrogens (tertiary/aromatic N) is 2. The Morgan fingerprint density at radius 1 is 0.778 bits per heavy atom. The van der Waals surface area contributed by atoms with Gasteiger partial charge in [-0.05, 0) is 54.3 Å². The van der Waals surface area contributed by atoms with E-state index in [1.54, 1.807) is 7.11 Å². The molecule has 1 aliphatic heterocycles. The SMILES string of the molecule is COc1cccc(CCc2ccccc2OCC(O)CN2CCN(CCOc3ccccc3)CC2)c1. The molecule has 0 aromatic heterocycles. The molecule has 1 heterocycles. The van der Waals surface area contributed by atoms with Crippen LogP contribution in [0.25, 0.3) is 0 Å². The minimum Gasteiger partial charge on any atom is -0.497 e. The van der Waals surface area contributed by atoms with Gasteiger partial charge >= 0.3 is 0 Å². The summed E-state index contributed by atoms with van der Waals surface area (Å²) in [7, 11) is 1.69. The van der Waals surface area contributed by atoms with Crippen molar-refractivity contribution in [3.63, 3.8) is 0 Å². The van der Waals surface area contributed by atoms with Gasteiger partial charge in [0, 0.05) is 39.3 Å². The largest absolute Gasteiger partial charge is 0.497 e. The van der Waals surface area contributed by atoms with Gasteiger partial charge in [0.1, 0.15) is 36.6 Å². The lowest BCUT2D eigenvalue weighted by atomic mass is 10.0. The summed E-state index contributed by atoms with van der Waals surface area (Å²) in [5.74, 6) is 2.64. The van der Waals surface area contributed by atoms with Crippen molar-refractivity contribution in [1.29, 1.82) is 0 Å². The number of para-hydroxylation sites is 2. The number of rotatable bonds is 13. The number of β-amino-alcohol motifs (C(OH)–C–C–N with tert-alkyl or cyclic N) is 1. The number of hydrogen-bond acceptors (Lipinski definition) is 6. The maximum atomic E-state index is 10.6. The van der Waals surface area contributed by atoms with Crippen LogP contribution in [0.5, 0.6) is 17.2 Å². The average molecular weight is 491 g/mol. The Morgan fingerprint density at radius 2 is 1.50 bits per heavy atom. The Morgan fingerprint density at radius 3 is 2.31 bits per heavy atom. The smallest absolute Gasteiger partial charge is 0.122 e. The fourth-order valence-corrected chi connectivity index (χ4v) is 4.50. The van der Waals surface area contributed by atoms with Crippen molar-refractivity contribution >= 4 is 0 Å². The molecule has 1 N–H and O–H groups in total. The lowest BCUT2D eigenvalue weighted by Gasteiger charge is -2.35. The Kier molecular flexibility index (Phi) is 10.0. The normalized spacial score (nSPS) is 15.4. The molecule has 0 saturated carbocycles. The summed E-state index contributed by atoms with van der Waals surface area (Å²) in [5.41, 5.74) is 2.38. The van der Waals surface area contributed by atoms with Gasteiger partial charge in [-0.15, -0.1) is 0 Å². The third-order valence-corrected chi connectivity index (χ3v) is 6.57. The van der Waals surface area contributed by atoms with Gasteiger partial charge in [0.15, 0.2) is 0 Å².